The quantitative estimate of drug-likeness (QED) is 0.346. The second kappa shape index (κ2) is 10.3. The summed E-state index contributed by atoms with van der Waals surface area (Å²) < 4.78 is 8.81. The number of nitrogens with zero attached hydrogens (tertiary/aromatic N) is 2. The summed E-state index contributed by atoms with van der Waals surface area (Å²) in [7, 11) is 0. The first-order valence-electron chi connectivity index (χ1n) is 10.3. The third-order valence-electron chi connectivity index (χ3n) is 4.98. The molecule has 0 aliphatic carbocycles. The zero-order valence-electron chi connectivity index (χ0n) is 17.1. The Hall–Kier alpha value is -3.12. The Kier molecular flexibility index (Phi) is 6.99. The molecule has 31 heavy (non-hydrogen) atoms. The highest BCUT2D eigenvalue weighted by Gasteiger charge is 2.11. The van der Waals surface area contributed by atoms with Crippen LogP contribution in [0.5, 0.6) is 5.75 Å². The van der Waals surface area contributed by atoms with Gasteiger partial charge in [-0.2, -0.15) is 0 Å². The molecule has 0 atom stereocenters. The number of rotatable bonds is 9. The molecule has 1 heterocycles. The van der Waals surface area contributed by atoms with Crippen molar-refractivity contribution in [2.75, 3.05) is 13.2 Å². The predicted octanol–water partition coefficient (Wildman–Crippen LogP) is 4.97. The third kappa shape index (κ3) is 5.73. The first-order valence-corrected chi connectivity index (χ1v) is 11.1. The molecule has 0 radical (unpaired) electrons. The first-order chi connectivity index (χ1) is 15.2. The van der Waals surface area contributed by atoms with E-state index >= 15 is 0 Å². The predicted molar refractivity (Wildman–Crippen MR) is 126 cm³/mol. The van der Waals surface area contributed by atoms with E-state index in [0.29, 0.717) is 12.3 Å². The summed E-state index contributed by atoms with van der Waals surface area (Å²) in [5.74, 6) is 1.60. The number of carbonyl (C=O) groups is 1. The van der Waals surface area contributed by atoms with Gasteiger partial charge in [-0.15, -0.1) is 0 Å². The van der Waals surface area contributed by atoms with Crippen LogP contribution in [0.25, 0.3) is 11.0 Å². The van der Waals surface area contributed by atoms with Gasteiger partial charge in [0.05, 0.1) is 11.0 Å². The Morgan fingerprint density at radius 1 is 1.00 bits per heavy atom. The molecule has 5 nitrogen and oxygen atoms in total. The molecule has 6 heteroatoms. The lowest BCUT2D eigenvalue weighted by Gasteiger charge is -2.11. The molecule has 1 amide bonds. The fourth-order valence-electron chi connectivity index (χ4n) is 3.50. The molecule has 1 N–H and O–H groups in total. The number of fused-ring (bicyclic) bond motifs is 1. The Morgan fingerprint density at radius 3 is 2.65 bits per heavy atom. The molecular weight excluding hydrogens is 454 g/mol. The number of imidazole rings is 1. The van der Waals surface area contributed by atoms with Crippen molar-refractivity contribution in [2.24, 2.45) is 0 Å². The van der Waals surface area contributed by atoms with E-state index in [4.69, 9.17) is 9.72 Å². The zero-order valence-corrected chi connectivity index (χ0v) is 18.7. The average molecular weight is 478 g/mol. The smallest absolute Gasteiger partial charge is 0.257 e. The van der Waals surface area contributed by atoms with Crippen molar-refractivity contribution in [3.8, 4) is 5.75 Å². The van der Waals surface area contributed by atoms with Crippen LogP contribution >= 0.6 is 15.9 Å². The monoisotopic (exact) mass is 477 g/mol. The molecule has 4 rings (SSSR count). The number of hydrogen-bond acceptors (Lipinski definition) is 3. The standard InChI is InChI=1S/C25H24BrN3O2/c26-20-9-6-8-19(16-20)17-29-23-13-5-4-12-22(23)28-24(29)14-7-15-27-25(30)18-31-21-10-2-1-3-11-21/h1-6,8-13,16H,7,14-15,17-18H2,(H,27,30). The molecule has 1 aromatic heterocycles. The van der Waals surface area contributed by atoms with Gasteiger partial charge in [0.25, 0.3) is 5.91 Å². The van der Waals surface area contributed by atoms with E-state index in [1.165, 1.54) is 5.56 Å². The van der Waals surface area contributed by atoms with Gasteiger partial charge in [-0.25, -0.2) is 4.98 Å². The van der Waals surface area contributed by atoms with Crippen LogP contribution in [0, 0.1) is 0 Å². The topological polar surface area (TPSA) is 56.1 Å². The van der Waals surface area contributed by atoms with Crippen LogP contribution in [0.2, 0.25) is 0 Å². The minimum absolute atomic E-state index is 0.0193. The van der Waals surface area contributed by atoms with Gasteiger partial charge in [0.1, 0.15) is 11.6 Å². The van der Waals surface area contributed by atoms with Crippen molar-refractivity contribution < 1.29 is 9.53 Å². The summed E-state index contributed by atoms with van der Waals surface area (Å²) in [4.78, 5) is 16.9. The fourth-order valence-corrected chi connectivity index (χ4v) is 3.95. The maximum atomic E-state index is 12.0. The number of ether oxygens (including phenoxy) is 1. The van der Waals surface area contributed by atoms with E-state index in [0.717, 1.165) is 40.7 Å². The zero-order chi connectivity index (χ0) is 21.5. The largest absolute Gasteiger partial charge is 0.484 e. The van der Waals surface area contributed by atoms with Gasteiger partial charge in [-0.3, -0.25) is 4.79 Å². The number of benzene rings is 3. The van der Waals surface area contributed by atoms with Crippen molar-refractivity contribution in [3.63, 3.8) is 0 Å². The van der Waals surface area contributed by atoms with Crippen LogP contribution in [0.3, 0.4) is 0 Å². The van der Waals surface area contributed by atoms with Gasteiger partial charge >= 0.3 is 0 Å². The minimum atomic E-state index is -0.119. The highest BCUT2D eigenvalue weighted by atomic mass is 79.9. The fraction of sp³-hybridized carbons (Fsp3) is 0.200. The van der Waals surface area contributed by atoms with Crippen LogP contribution in [0.1, 0.15) is 17.8 Å². The number of halogens is 1. The summed E-state index contributed by atoms with van der Waals surface area (Å²) in [5.41, 5.74) is 3.33. The molecule has 0 saturated carbocycles. The summed E-state index contributed by atoms with van der Waals surface area (Å²) in [6, 6.07) is 25.9. The second-order valence-electron chi connectivity index (χ2n) is 7.29. The first kappa shape index (κ1) is 21.1. The van der Waals surface area contributed by atoms with E-state index in [1.807, 2.05) is 60.7 Å². The molecule has 0 saturated heterocycles. The molecule has 0 aliphatic rings. The van der Waals surface area contributed by atoms with E-state index in [1.54, 1.807) is 0 Å². The van der Waals surface area contributed by atoms with Crippen molar-refractivity contribution in [2.45, 2.75) is 19.4 Å². The van der Waals surface area contributed by atoms with Gasteiger partial charge < -0.3 is 14.6 Å². The van der Waals surface area contributed by atoms with Gasteiger partial charge in [0.15, 0.2) is 6.61 Å². The van der Waals surface area contributed by atoms with Crippen LogP contribution in [-0.4, -0.2) is 28.6 Å². The Labute approximate surface area is 190 Å². The lowest BCUT2D eigenvalue weighted by Crippen LogP contribution is -2.30. The normalized spacial score (nSPS) is 10.9. The number of aromatic nitrogens is 2. The Morgan fingerprint density at radius 2 is 1.81 bits per heavy atom. The SMILES string of the molecule is O=C(COc1ccccc1)NCCCc1nc2ccccc2n1Cc1cccc(Br)c1. The molecule has 3 aromatic carbocycles. The van der Waals surface area contributed by atoms with Crippen LogP contribution in [0.15, 0.2) is 83.3 Å². The summed E-state index contributed by atoms with van der Waals surface area (Å²) in [6.45, 7) is 1.36. The van der Waals surface area contributed by atoms with Crippen molar-refractivity contribution in [1.29, 1.82) is 0 Å². The maximum absolute atomic E-state index is 12.0. The minimum Gasteiger partial charge on any atom is -0.484 e. The third-order valence-corrected chi connectivity index (χ3v) is 5.47. The van der Waals surface area contributed by atoms with Gasteiger partial charge in [-0.05, 0) is 48.4 Å². The lowest BCUT2D eigenvalue weighted by molar-refractivity contribution is -0.123. The van der Waals surface area contributed by atoms with E-state index in [-0.39, 0.29) is 12.5 Å². The molecule has 158 valence electrons. The van der Waals surface area contributed by atoms with E-state index in [9.17, 15) is 4.79 Å². The number of amides is 1. The lowest BCUT2D eigenvalue weighted by atomic mass is 10.2. The average Bonchev–Trinajstić information content (AvgIpc) is 3.13. The summed E-state index contributed by atoms with van der Waals surface area (Å²) in [5, 5.41) is 2.93. The molecule has 0 bridgehead atoms. The number of hydrogen-bond donors (Lipinski definition) is 1. The van der Waals surface area contributed by atoms with Gasteiger partial charge in [0, 0.05) is 24.0 Å². The highest BCUT2D eigenvalue weighted by molar-refractivity contribution is 9.10. The summed E-state index contributed by atoms with van der Waals surface area (Å²) in [6.07, 6.45) is 1.58. The summed E-state index contributed by atoms with van der Waals surface area (Å²) >= 11 is 3.55. The molecule has 0 spiro atoms. The molecule has 0 aliphatic heterocycles. The molecule has 4 aromatic rings. The van der Waals surface area contributed by atoms with Crippen LogP contribution in [-0.2, 0) is 17.8 Å². The van der Waals surface area contributed by atoms with Gasteiger partial charge in [0.2, 0.25) is 0 Å². The van der Waals surface area contributed by atoms with E-state index < -0.39 is 0 Å². The second-order valence-corrected chi connectivity index (χ2v) is 8.20. The molecule has 0 fully saturated rings. The number of carbonyl (C=O) groups excluding carboxylic acids is 1. The van der Waals surface area contributed by atoms with Crippen molar-refractivity contribution >= 4 is 32.9 Å². The van der Waals surface area contributed by atoms with Crippen LogP contribution < -0.4 is 10.1 Å². The van der Waals surface area contributed by atoms with E-state index in [2.05, 4.69) is 44.0 Å². The maximum Gasteiger partial charge on any atom is 0.257 e. The Bertz CT molecular complexity index is 1160. The highest BCUT2D eigenvalue weighted by Crippen LogP contribution is 2.20. The van der Waals surface area contributed by atoms with Gasteiger partial charge in [-0.1, -0.05) is 58.4 Å². The number of nitrogens with one attached hydrogen (secondary N) is 1. The number of aryl methyl sites for hydroxylation is 1. The van der Waals surface area contributed by atoms with Crippen molar-refractivity contribution in [3.05, 3.63) is 94.7 Å². The molecular formula is C25H24BrN3O2. The number of para-hydroxylation sites is 3. The Balaban J connectivity index is 1.35. The molecule has 0 unspecified atom stereocenters. The van der Waals surface area contributed by atoms with Crippen LogP contribution in [0.4, 0.5) is 0 Å². The van der Waals surface area contributed by atoms with Crippen molar-refractivity contribution in [1.82, 2.24) is 14.9 Å².